The summed E-state index contributed by atoms with van der Waals surface area (Å²) in [4.78, 5) is -1.31. The van der Waals surface area contributed by atoms with Gasteiger partial charge in [0.25, 0.3) is 20.2 Å². The highest BCUT2D eigenvalue weighted by Crippen LogP contribution is 2.32. The van der Waals surface area contributed by atoms with Gasteiger partial charge in [0.1, 0.15) is 10.6 Å². The van der Waals surface area contributed by atoms with E-state index in [0.29, 0.717) is 17.4 Å². The fraction of sp³-hybridized carbons (Fsp3) is 0. The third-order valence-corrected chi connectivity index (χ3v) is 5.37. The molecule has 0 amide bonds. The zero-order valence-corrected chi connectivity index (χ0v) is 14.6. The number of hydrogen-bond donors (Lipinski definition) is 4. The summed E-state index contributed by atoms with van der Waals surface area (Å²) in [5.74, 6) is -0.0158. The number of phenolic OH excluding ortho intramolecular Hbond substituents is 1. The summed E-state index contributed by atoms with van der Waals surface area (Å²) in [5, 5.41) is 12.9. The number of hydrogen-bond acceptors (Lipinski definition) is 6. The Balaban J connectivity index is 2.21. The largest absolute Gasteiger partial charge is 0.506 e. The summed E-state index contributed by atoms with van der Waals surface area (Å²) in [7, 11) is -9.42. The van der Waals surface area contributed by atoms with Gasteiger partial charge in [-0.2, -0.15) is 16.8 Å². The summed E-state index contributed by atoms with van der Waals surface area (Å²) < 4.78 is 64.6. The van der Waals surface area contributed by atoms with Crippen LogP contribution in [0.2, 0.25) is 0 Å². The van der Waals surface area contributed by atoms with Gasteiger partial charge in [-0.3, -0.25) is 9.11 Å². The third kappa shape index (κ3) is 3.63. The molecule has 0 spiro atoms. The van der Waals surface area contributed by atoms with Crippen molar-refractivity contribution in [2.45, 2.75) is 9.79 Å². The molecule has 0 saturated carbocycles. The Morgan fingerprint density at radius 1 is 0.808 bits per heavy atom. The van der Waals surface area contributed by atoms with Crippen LogP contribution in [0.3, 0.4) is 0 Å². The molecule has 0 aliphatic heterocycles. The van der Waals surface area contributed by atoms with Crippen LogP contribution in [0, 0.1) is 0 Å². The second-order valence-electron chi connectivity index (χ2n) is 5.45. The van der Waals surface area contributed by atoms with Crippen LogP contribution >= 0.6 is 0 Å². The van der Waals surface area contributed by atoms with Gasteiger partial charge in [-0.25, -0.2) is 0 Å². The maximum atomic E-state index is 11.6. The highest BCUT2D eigenvalue weighted by molar-refractivity contribution is 7.86. The molecule has 0 radical (unpaired) electrons. The number of rotatable bonds is 4. The van der Waals surface area contributed by atoms with Crippen molar-refractivity contribution in [2.24, 2.45) is 0 Å². The maximum Gasteiger partial charge on any atom is 0.295 e. The molecule has 0 atom stereocenters. The Hall–Kier alpha value is -2.66. The number of nitrogens with one attached hydrogen (secondary N) is 1. The van der Waals surface area contributed by atoms with Crippen molar-refractivity contribution in [1.29, 1.82) is 0 Å². The molecule has 10 heteroatoms. The predicted molar refractivity (Wildman–Crippen MR) is 95.0 cm³/mol. The van der Waals surface area contributed by atoms with Gasteiger partial charge in [-0.05, 0) is 41.8 Å². The quantitative estimate of drug-likeness (QED) is 0.390. The molecule has 0 aliphatic carbocycles. The smallest absolute Gasteiger partial charge is 0.295 e. The summed E-state index contributed by atoms with van der Waals surface area (Å²) in [5.41, 5.74) is 0.806. The number of anilines is 2. The molecule has 0 saturated heterocycles. The SMILES string of the molecule is O=S(=O)(O)c1cc(S(=O)(=O)O)c2ccc(Nc3ccccc3O)cc2c1. The number of benzene rings is 3. The minimum absolute atomic E-state index is 0.0158. The fourth-order valence-corrected chi connectivity index (χ4v) is 3.84. The minimum Gasteiger partial charge on any atom is -0.506 e. The maximum absolute atomic E-state index is 11.6. The van der Waals surface area contributed by atoms with Gasteiger partial charge in [-0.1, -0.05) is 18.2 Å². The summed E-state index contributed by atoms with van der Waals surface area (Å²) in [6.45, 7) is 0. The van der Waals surface area contributed by atoms with Crippen molar-refractivity contribution in [3.05, 3.63) is 54.6 Å². The summed E-state index contributed by atoms with van der Waals surface area (Å²) in [6.07, 6.45) is 0. The number of phenols is 1. The molecule has 3 rings (SSSR count). The zero-order valence-electron chi connectivity index (χ0n) is 13.0. The Labute approximate surface area is 149 Å². The summed E-state index contributed by atoms with van der Waals surface area (Å²) >= 11 is 0. The van der Waals surface area contributed by atoms with Crippen molar-refractivity contribution in [3.8, 4) is 5.75 Å². The predicted octanol–water partition coefficient (Wildman–Crippen LogP) is 2.78. The Kier molecular flexibility index (Phi) is 4.36. The van der Waals surface area contributed by atoms with Crippen molar-refractivity contribution >= 4 is 42.4 Å². The molecular formula is C16H13NO7S2. The van der Waals surface area contributed by atoms with Gasteiger partial charge < -0.3 is 10.4 Å². The van der Waals surface area contributed by atoms with Gasteiger partial charge in [0.2, 0.25) is 0 Å². The molecule has 0 fully saturated rings. The molecule has 0 heterocycles. The first kappa shape index (κ1) is 18.1. The number of fused-ring (bicyclic) bond motifs is 1. The van der Waals surface area contributed by atoms with E-state index in [9.17, 15) is 31.0 Å². The number of aromatic hydroxyl groups is 1. The van der Waals surface area contributed by atoms with Crippen LogP contribution in [0.25, 0.3) is 10.8 Å². The van der Waals surface area contributed by atoms with Crippen molar-refractivity contribution in [1.82, 2.24) is 0 Å². The van der Waals surface area contributed by atoms with Gasteiger partial charge in [0.15, 0.2) is 0 Å². The lowest BCUT2D eigenvalue weighted by atomic mass is 10.1. The van der Waals surface area contributed by atoms with Crippen LogP contribution in [0.1, 0.15) is 0 Å². The lowest BCUT2D eigenvalue weighted by Crippen LogP contribution is -2.04. The minimum atomic E-state index is -4.73. The highest BCUT2D eigenvalue weighted by atomic mass is 32.2. The van der Waals surface area contributed by atoms with E-state index in [1.807, 2.05) is 0 Å². The van der Waals surface area contributed by atoms with E-state index in [1.165, 1.54) is 24.3 Å². The monoisotopic (exact) mass is 395 g/mol. The van der Waals surface area contributed by atoms with E-state index < -0.39 is 30.0 Å². The van der Waals surface area contributed by atoms with E-state index in [2.05, 4.69) is 5.32 Å². The molecule has 0 aromatic heterocycles. The average Bonchev–Trinajstić information content (AvgIpc) is 2.54. The van der Waals surface area contributed by atoms with Gasteiger partial charge >= 0.3 is 0 Å². The van der Waals surface area contributed by atoms with Crippen LogP contribution < -0.4 is 5.32 Å². The van der Waals surface area contributed by atoms with Gasteiger partial charge in [0.05, 0.1) is 10.6 Å². The lowest BCUT2D eigenvalue weighted by molar-refractivity contribution is 0.477. The molecule has 4 N–H and O–H groups in total. The molecule has 8 nitrogen and oxygen atoms in total. The van der Waals surface area contributed by atoms with E-state index in [-0.39, 0.29) is 16.5 Å². The normalized spacial score (nSPS) is 12.2. The molecule has 0 aliphatic rings. The van der Waals surface area contributed by atoms with E-state index >= 15 is 0 Å². The Morgan fingerprint density at radius 2 is 1.50 bits per heavy atom. The van der Waals surface area contributed by atoms with Crippen molar-refractivity contribution < 1.29 is 31.0 Å². The first-order valence-corrected chi connectivity index (χ1v) is 10.0. The molecule has 3 aromatic rings. The van der Waals surface area contributed by atoms with Crippen LogP contribution in [-0.4, -0.2) is 31.0 Å². The molecule has 136 valence electrons. The molecular weight excluding hydrogens is 382 g/mol. The molecule has 0 bridgehead atoms. The van der Waals surface area contributed by atoms with Crippen molar-refractivity contribution in [2.75, 3.05) is 5.32 Å². The Bertz CT molecular complexity index is 1220. The van der Waals surface area contributed by atoms with E-state index in [4.69, 9.17) is 0 Å². The lowest BCUT2D eigenvalue weighted by Gasteiger charge is -2.11. The Morgan fingerprint density at radius 3 is 2.12 bits per heavy atom. The average molecular weight is 395 g/mol. The first-order chi connectivity index (χ1) is 12.1. The fourth-order valence-electron chi connectivity index (χ4n) is 2.48. The van der Waals surface area contributed by atoms with Crippen LogP contribution in [0.5, 0.6) is 5.75 Å². The molecule has 0 unspecified atom stereocenters. The second kappa shape index (κ2) is 6.25. The molecule has 3 aromatic carbocycles. The highest BCUT2D eigenvalue weighted by Gasteiger charge is 2.20. The topological polar surface area (TPSA) is 141 Å². The number of para-hydroxylation sites is 2. The van der Waals surface area contributed by atoms with Gasteiger partial charge in [-0.15, -0.1) is 0 Å². The first-order valence-electron chi connectivity index (χ1n) is 7.13. The third-order valence-electron chi connectivity index (χ3n) is 3.65. The van der Waals surface area contributed by atoms with Crippen LogP contribution in [-0.2, 0) is 20.2 Å². The second-order valence-corrected chi connectivity index (χ2v) is 8.26. The summed E-state index contributed by atoms with van der Waals surface area (Å²) in [6, 6.07) is 12.5. The zero-order chi connectivity index (χ0) is 19.1. The van der Waals surface area contributed by atoms with Crippen LogP contribution in [0.4, 0.5) is 11.4 Å². The standard InChI is InChI=1S/C16H13NO7S2/c18-15-4-2-1-3-14(15)17-11-5-6-13-10(7-11)8-12(25(19,20)21)9-16(13)26(22,23)24/h1-9,17-18H,(H,19,20,21)(H,22,23,24). The van der Waals surface area contributed by atoms with Crippen LogP contribution in [0.15, 0.2) is 64.4 Å². The molecule has 26 heavy (non-hydrogen) atoms. The van der Waals surface area contributed by atoms with E-state index in [0.717, 1.165) is 6.07 Å². The van der Waals surface area contributed by atoms with Gasteiger partial charge in [0, 0.05) is 11.1 Å². The van der Waals surface area contributed by atoms with Crippen molar-refractivity contribution in [3.63, 3.8) is 0 Å². The van der Waals surface area contributed by atoms with E-state index in [1.54, 1.807) is 18.2 Å².